The standard InChI is InChI=1S/C12H24N6O/c1-5-18(6-2)11-15-9(13)14-10(16-11)17-12(3,4)7-8-19/h19H,5-8H2,1-4H3,(H3,13,14,15,16,17). The number of rotatable bonds is 7. The summed E-state index contributed by atoms with van der Waals surface area (Å²) in [5.41, 5.74) is 5.42. The highest BCUT2D eigenvalue weighted by atomic mass is 16.3. The molecule has 0 atom stereocenters. The van der Waals surface area contributed by atoms with Gasteiger partial charge in [-0.1, -0.05) is 0 Å². The number of aliphatic hydroxyl groups is 1. The minimum Gasteiger partial charge on any atom is -0.396 e. The van der Waals surface area contributed by atoms with Gasteiger partial charge in [0.1, 0.15) is 0 Å². The number of nitrogen functional groups attached to an aromatic ring is 1. The van der Waals surface area contributed by atoms with Crippen LogP contribution in [0.15, 0.2) is 0 Å². The van der Waals surface area contributed by atoms with Crippen molar-refractivity contribution in [3.8, 4) is 0 Å². The molecule has 0 aromatic carbocycles. The van der Waals surface area contributed by atoms with Crippen molar-refractivity contribution in [1.29, 1.82) is 0 Å². The van der Waals surface area contributed by atoms with E-state index in [9.17, 15) is 0 Å². The van der Waals surface area contributed by atoms with Crippen molar-refractivity contribution in [3.63, 3.8) is 0 Å². The Hall–Kier alpha value is -1.63. The summed E-state index contributed by atoms with van der Waals surface area (Å²) in [7, 11) is 0. The molecule has 0 saturated carbocycles. The van der Waals surface area contributed by atoms with Crippen molar-refractivity contribution >= 4 is 17.8 Å². The molecule has 7 heteroatoms. The topological polar surface area (TPSA) is 100 Å². The van der Waals surface area contributed by atoms with Gasteiger partial charge in [-0.3, -0.25) is 0 Å². The maximum absolute atomic E-state index is 9.03. The minimum absolute atomic E-state index is 0.101. The first-order chi connectivity index (χ1) is 8.91. The van der Waals surface area contributed by atoms with E-state index in [-0.39, 0.29) is 18.1 Å². The van der Waals surface area contributed by atoms with Gasteiger partial charge in [-0.05, 0) is 34.1 Å². The van der Waals surface area contributed by atoms with Crippen LogP contribution in [0.5, 0.6) is 0 Å². The number of nitrogens with two attached hydrogens (primary N) is 1. The molecule has 0 spiro atoms. The number of hydrogen-bond donors (Lipinski definition) is 3. The van der Waals surface area contributed by atoms with Crippen LogP contribution >= 0.6 is 0 Å². The summed E-state index contributed by atoms with van der Waals surface area (Å²) in [6.07, 6.45) is 0.596. The molecule has 0 fully saturated rings. The molecule has 0 amide bonds. The number of hydrogen-bond acceptors (Lipinski definition) is 7. The molecule has 0 saturated heterocycles. The Kier molecular flexibility index (Phi) is 5.29. The largest absolute Gasteiger partial charge is 0.396 e. The van der Waals surface area contributed by atoms with E-state index >= 15 is 0 Å². The summed E-state index contributed by atoms with van der Waals surface area (Å²) >= 11 is 0. The van der Waals surface area contributed by atoms with Gasteiger partial charge in [0.2, 0.25) is 17.8 Å². The molecular formula is C12H24N6O. The fraction of sp³-hybridized carbons (Fsp3) is 0.750. The molecule has 1 aromatic heterocycles. The fourth-order valence-electron chi connectivity index (χ4n) is 1.73. The molecule has 0 unspecified atom stereocenters. The fourth-order valence-corrected chi connectivity index (χ4v) is 1.73. The van der Waals surface area contributed by atoms with Crippen LogP contribution in [-0.4, -0.2) is 45.3 Å². The lowest BCUT2D eigenvalue weighted by Crippen LogP contribution is -2.33. The number of aliphatic hydroxyl groups excluding tert-OH is 1. The van der Waals surface area contributed by atoms with Crippen LogP contribution in [0.4, 0.5) is 17.8 Å². The second-order valence-electron chi connectivity index (χ2n) is 4.97. The Balaban J connectivity index is 2.96. The lowest BCUT2D eigenvalue weighted by molar-refractivity contribution is 0.260. The van der Waals surface area contributed by atoms with E-state index in [1.54, 1.807) is 0 Å². The molecule has 0 aliphatic rings. The Bertz CT molecular complexity index is 405. The van der Waals surface area contributed by atoms with Crippen LogP contribution in [-0.2, 0) is 0 Å². The average Bonchev–Trinajstić information content (AvgIpc) is 2.28. The van der Waals surface area contributed by atoms with Crippen molar-refractivity contribution in [2.24, 2.45) is 0 Å². The zero-order chi connectivity index (χ0) is 14.5. The van der Waals surface area contributed by atoms with E-state index in [2.05, 4.69) is 20.3 Å². The SMILES string of the molecule is CCN(CC)c1nc(N)nc(NC(C)(C)CCO)n1. The van der Waals surface area contributed by atoms with Crippen molar-refractivity contribution in [2.45, 2.75) is 39.7 Å². The maximum Gasteiger partial charge on any atom is 0.231 e. The number of aromatic nitrogens is 3. The summed E-state index contributed by atoms with van der Waals surface area (Å²) in [5, 5.41) is 12.2. The van der Waals surface area contributed by atoms with Gasteiger partial charge in [-0.25, -0.2) is 0 Å². The Morgan fingerprint density at radius 3 is 2.37 bits per heavy atom. The number of anilines is 3. The molecule has 7 nitrogen and oxygen atoms in total. The van der Waals surface area contributed by atoms with Crippen LogP contribution in [0.2, 0.25) is 0 Å². The van der Waals surface area contributed by atoms with Gasteiger partial charge in [0, 0.05) is 25.2 Å². The van der Waals surface area contributed by atoms with Crippen molar-refractivity contribution in [1.82, 2.24) is 15.0 Å². The molecule has 1 aromatic rings. The highest BCUT2D eigenvalue weighted by Crippen LogP contribution is 2.17. The molecule has 19 heavy (non-hydrogen) atoms. The number of nitrogens with one attached hydrogen (secondary N) is 1. The molecule has 4 N–H and O–H groups in total. The summed E-state index contributed by atoms with van der Waals surface area (Å²) < 4.78 is 0. The summed E-state index contributed by atoms with van der Waals surface area (Å²) in [5.74, 6) is 1.20. The average molecular weight is 268 g/mol. The highest BCUT2D eigenvalue weighted by Gasteiger charge is 2.19. The van der Waals surface area contributed by atoms with Gasteiger partial charge in [0.25, 0.3) is 0 Å². The van der Waals surface area contributed by atoms with E-state index in [1.165, 1.54) is 0 Å². The van der Waals surface area contributed by atoms with Crippen LogP contribution in [0.25, 0.3) is 0 Å². The van der Waals surface area contributed by atoms with Gasteiger partial charge < -0.3 is 21.1 Å². The van der Waals surface area contributed by atoms with Crippen molar-refractivity contribution in [3.05, 3.63) is 0 Å². The van der Waals surface area contributed by atoms with Crippen LogP contribution in [0, 0.1) is 0 Å². The van der Waals surface area contributed by atoms with E-state index in [0.29, 0.717) is 18.3 Å². The second kappa shape index (κ2) is 6.51. The lowest BCUT2D eigenvalue weighted by Gasteiger charge is -2.26. The first-order valence-electron chi connectivity index (χ1n) is 6.57. The minimum atomic E-state index is -0.303. The Labute approximate surface area is 114 Å². The Morgan fingerprint density at radius 1 is 1.21 bits per heavy atom. The summed E-state index contributed by atoms with van der Waals surface area (Å²) in [4.78, 5) is 14.6. The van der Waals surface area contributed by atoms with E-state index < -0.39 is 0 Å². The quantitative estimate of drug-likeness (QED) is 0.674. The summed E-state index contributed by atoms with van der Waals surface area (Å²) in [6, 6.07) is 0. The maximum atomic E-state index is 9.03. The molecule has 0 aliphatic heterocycles. The highest BCUT2D eigenvalue weighted by molar-refractivity contribution is 5.42. The van der Waals surface area contributed by atoms with Gasteiger partial charge in [-0.2, -0.15) is 15.0 Å². The first-order valence-corrected chi connectivity index (χ1v) is 6.57. The Morgan fingerprint density at radius 2 is 1.84 bits per heavy atom. The third-order valence-electron chi connectivity index (χ3n) is 2.87. The van der Waals surface area contributed by atoms with Crippen molar-refractivity contribution in [2.75, 3.05) is 35.6 Å². The van der Waals surface area contributed by atoms with Crippen molar-refractivity contribution < 1.29 is 5.11 Å². The smallest absolute Gasteiger partial charge is 0.231 e. The van der Waals surface area contributed by atoms with Gasteiger partial charge in [0.05, 0.1) is 0 Å². The molecule has 0 bridgehead atoms. The first kappa shape index (κ1) is 15.4. The van der Waals surface area contributed by atoms with Gasteiger partial charge in [0.15, 0.2) is 0 Å². The predicted molar refractivity (Wildman–Crippen MR) is 77.2 cm³/mol. The molecule has 0 radical (unpaired) electrons. The molecule has 108 valence electrons. The third-order valence-corrected chi connectivity index (χ3v) is 2.87. The molecule has 1 rings (SSSR count). The van der Waals surface area contributed by atoms with Crippen LogP contribution < -0.4 is 16.0 Å². The van der Waals surface area contributed by atoms with E-state index in [4.69, 9.17) is 10.8 Å². The van der Waals surface area contributed by atoms with Gasteiger partial charge in [-0.15, -0.1) is 0 Å². The van der Waals surface area contributed by atoms with Gasteiger partial charge >= 0.3 is 0 Å². The lowest BCUT2D eigenvalue weighted by atomic mass is 10.0. The molecular weight excluding hydrogens is 244 g/mol. The zero-order valence-electron chi connectivity index (χ0n) is 12.1. The normalized spacial score (nSPS) is 11.4. The van der Waals surface area contributed by atoms with E-state index in [0.717, 1.165) is 13.1 Å². The zero-order valence-corrected chi connectivity index (χ0v) is 12.1. The third kappa shape index (κ3) is 4.51. The van der Waals surface area contributed by atoms with E-state index in [1.807, 2.05) is 32.6 Å². The predicted octanol–water partition coefficient (Wildman–Crippen LogP) is 0.873. The second-order valence-corrected chi connectivity index (χ2v) is 4.97. The summed E-state index contributed by atoms with van der Waals surface area (Å²) in [6.45, 7) is 9.72. The van der Waals surface area contributed by atoms with Crippen LogP contribution in [0.3, 0.4) is 0 Å². The molecule has 1 heterocycles. The molecule has 0 aliphatic carbocycles. The van der Waals surface area contributed by atoms with Crippen LogP contribution in [0.1, 0.15) is 34.1 Å². The number of nitrogens with zero attached hydrogens (tertiary/aromatic N) is 4. The monoisotopic (exact) mass is 268 g/mol.